The number of piperidine rings is 1. The number of amides is 1. The maximum atomic E-state index is 12.3. The van der Waals surface area contributed by atoms with Gasteiger partial charge in [0.2, 0.25) is 0 Å². The first kappa shape index (κ1) is 24.2. The number of hydrogen-bond donors (Lipinski definition) is 2. The van der Waals surface area contributed by atoms with E-state index in [9.17, 15) is 4.79 Å². The van der Waals surface area contributed by atoms with Crippen molar-refractivity contribution in [1.29, 1.82) is 0 Å². The van der Waals surface area contributed by atoms with Gasteiger partial charge in [-0.3, -0.25) is 4.79 Å². The molecule has 1 aromatic heterocycles. The summed E-state index contributed by atoms with van der Waals surface area (Å²) in [6.45, 7) is 6.60. The number of rotatable bonds is 8. The number of nitrogens with one attached hydrogen (secondary N) is 2. The Morgan fingerprint density at radius 3 is 2.64 bits per heavy atom. The van der Waals surface area contributed by atoms with Crippen molar-refractivity contribution in [2.24, 2.45) is 0 Å². The summed E-state index contributed by atoms with van der Waals surface area (Å²) in [5.41, 5.74) is 1.62. The normalized spacial score (nSPS) is 13.9. The molecule has 0 bridgehead atoms. The first-order chi connectivity index (χ1) is 12.8. The molecular weight excluding hydrogens is 399 g/mol. The van der Waals surface area contributed by atoms with Gasteiger partial charge in [-0.25, -0.2) is 4.68 Å². The molecule has 1 fully saturated rings. The summed E-state index contributed by atoms with van der Waals surface area (Å²) in [6, 6.07) is 10.7. The van der Waals surface area contributed by atoms with Crippen molar-refractivity contribution in [3.63, 3.8) is 0 Å². The van der Waals surface area contributed by atoms with Crippen molar-refractivity contribution in [1.82, 2.24) is 25.6 Å². The summed E-state index contributed by atoms with van der Waals surface area (Å²) in [6.07, 6.45) is 4.71. The predicted molar refractivity (Wildman–Crippen MR) is 117 cm³/mol. The van der Waals surface area contributed by atoms with Crippen LogP contribution in [-0.2, 0) is 0 Å². The zero-order valence-corrected chi connectivity index (χ0v) is 17.8. The molecule has 0 atom stereocenters. The van der Waals surface area contributed by atoms with Crippen molar-refractivity contribution < 1.29 is 4.79 Å². The molecule has 0 spiro atoms. The van der Waals surface area contributed by atoms with E-state index in [1.165, 1.54) is 5.69 Å². The van der Waals surface area contributed by atoms with Gasteiger partial charge in [0.1, 0.15) is 0 Å². The Bertz CT molecular complexity index is 691. The second kappa shape index (κ2) is 12.6. The lowest BCUT2D eigenvalue weighted by molar-refractivity contribution is 0.0948. The third-order valence-corrected chi connectivity index (χ3v) is 4.82. The summed E-state index contributed by atoms with van der Waals surface area (Å²) in [7, 11) is 0. The quantitative estimate of drug-likeness (QED) is 0.632. The van der Waals surface area contributed by atoms with Crippen molar-refractivity contribution in [3.05, 3.63) is 42.2 Å². The molecule has 2 N–H and O–H groups in total. The lowest BCUT2D eigenvalue weighted by atomic mass is 10.1. The topological polar surface area (TPSA) is 75.1 Å². The summed E-state index contributed by atoms with van der Waals surface area (Å²) in [5, 5.41) is 14.5. The van der Waals surface area contributed by atoms with Crippen molar-refractivity contribution in [2.45, 2.75) is 32.2 Å². The monoisotopic (exact) mass is 428 g/mol. The molecule has 0 radical (unpaired) electrons. The van der Waals surface area contributed by atoms with E-state index in [2.05, 4.69) is 44.9 Å². The molecule has 3 rings (SSSR count). The van der Waals surface area contributed by atoms with Gasteiger partial charge in [-0.2, -0.15) is 0 Å². The highest BCUT2D eigenvalue weighted by atomic mass is 35.5. The second-order valence-corrected chi connectivity index (χ2v) is 6.59. The van der Waals surface area contributed by atoms with E-state index in [1.807, 2.05) is 22.9 Å². The van der Waals surface area contributed by atoms with Crippen LogP contribution in [0.2, 0.25) is 0 Å². The van der Waals surface area contributed by atoms with Crippen LogP contribution in [0.15, 0.2) is 36.5 Å². The highest BCUT2D eigenvalue weighted by molar-refractivity contribution is 5.91. The average Bonchev–Trinajstić information content (AvgIpc) is 3.20. The molecule has 0 saturated carbocycles. The maximum Gasteiger partial charge on any atom is 0.273 e. The highest BCUT2D eigenvalue weighted by Gasteiger charge is 2.18. The highest BCUT2D eigenvalue weighted by Crippen LogP contribution is 2.17. The van der Waals surface area contributed by atoms with Crippen LogP contribution in [0.1, 0.15) is 42.7 Å². The zero-order valence-electron chi connectivity index (χ0n) is 16.2. The SMILES string of the molecule is CCN(CCCNC(=O)c1cn(C2CCNCC2)nn1)c1ccccc1.Cl.Cl. The summed E-state index contributed by atoms with van der Waals surface area (Å²) < 4.78 is 1.84. The number of aromatic nitrogens is 3. The van der Waals surface area contributed by atoms with E-state index in [4.69, 9.17) is 0 Å². The summed E-state index contributed by atoms with van der Waals surface area (Å²) in [4.78, 5) is 14.6. The van der Waals surface area contributed by atoms with E-state index in [-0.39, 0.29) is 30.7 Å². The molecule has 1 aromatic carbocycles. The number of carbonyl (C=O) groups excluding carboxylic acids is 1. The zero-order chi connectivity index (χ0) is 18.2. The summed E-state index contributed by atoms with van der Waals surface area (Å²) in [5.74, 6) is -0.145. The van der Waals surface area contributed by atoms with Crippen LogP contribution in [0.5, 0.6) is 0 Å². The molecule has 0 aliphatic carbocycles. The lowest BCUT2D eigenvalue weighted by Crippen LogP contribution is -2.30. The Morgan fingerprint density at radius 1 is 1.25 bits per heavy atom. The van der Waals surface area contributed by atoms with E-state index < -0.39 is 0 Å². The molecule has 1 aliphatic heterocycles. The molecular formula is C19H30Cl2N6O. The number of hydrogen-bond acceptors (Lipinski definition) is 5. The van der Waals surface area contributed by atoms with E-state index in [0.29, 0.717) is 18.3 Å². The minimum atomic E-state index is -0.145. The van der Waals surface area contributed by atoms with Gasteiger partial charge in [-0.05, 0) is 51.4 Å². The minimum Gasteiger partial charge on any atom is -0.372 e. The van der Waals surface area contributed by atoms with Gasteiger partial charge in [0.05, 0.1) is 12.2 Å². The fraction of sp³-hybridized carbons (Fsp3) is 0.526. The van der Waals surface area contributed by atoms with Gasteiger partial charge < -0.3 is 15.5 Å². The molecule has 0 unspecified atom stereocenters. The van der Waals surface area contributed by atoms with Crippen LogP contribution < -0.4 is 15.5 Å². The Labute approximate surface area is 179 Å². The largest absolute Gasteiger partial charge is 0.372 e. The van der Waals surface area contributed by atoms with Crippen LogP contribution in [0, 0.1) is 0 Å². The van der Waals surface area contributed by atoms with Crippen LogP contribution in [0.25, 0.3) is 0 Å². The van der Waals surface area contributed by atoms with Gasteiger partial charge in [-0.1, -0.05) is 23.4 Å². The third-order valence-electron chi connectivity index (χ3n) is 4.82. The van der Waals surface area contributed by atoms with Gasteiger partial charge in [0.15, 0.2) is 5.69 Å². The van der Waals surface area contributed by atoms with Crippen LogP contribution >= 0.6 is 24.8 Å². The molecule has 1 aliphatic rings. The van der Waals surface area contributed by atoms with Gasteiger partial charge in [0, 0.05) is 25.3 Å². The van der Waals surface area contributed by atoms with Crippen LogP contribution in [-0.4, -0.2) is 53.6 Å². The van der Waals surface area contributed by atoms with Crippen molar-refractivity contribution in [3.8, 4) is 0 Å². The smallest absolute Gasteiger partial charge is 0.273 e. The molecule has 7 nitrogen and oxygen atoms in total. The molecule has 9 heteroatoms. The molecule has 2 aromatic rings. The van der Waals surface area contributed by atoms with E-state index in [1.54, 1.807) is 6.20 Å². The average molecular weight is 429 g/mol. The molecule has 1 amide bonds. The van der Waals surface area contributed by atoms with Crippen LogP contribution in [0.4, 0.5) is 5.69 Å². The fourth-order valence-corrected chi connectivity index (χ4v) is 3.30. The Morgan fingerprint density at radius 2 is 1.96 bits per heavy atom. The molecule has 2 heterocycles. The number of halogens is 2. The van der Waals surface area contributed by atoms with Gasteiger partial charge >= 0.3 is 0 Å². The van der Waals surface area contributed by atoms with Gasteiger partial charge in [0.25, 0.3) is 5.91 Å². The maximum absolute atomic E-state index is 12.3. The number of benzene rings is 1. The number of carbonyl (C=O) groups is 1. The summed E-state index contributed by atoms with van der Waals surface area (Å²) >= 11 is 0. The number of para-hydroxylation sites is 1. The second-order valence-electron chi connectivity index (χ2n) is 6.59. The minimum absolute atomic E-state index is 0. The Hall–Kier alpha value is -1.83. The van der Waals surface area contributed by atoms with E-state index in [0.717, 1.165) is 45.4 Å². The first-order valence-electron chi connectivity index (χ1n) is 9.48. The standard InChI is InChI=1S/C19H28N6O.2ClH/c1-2-24(16-7-4-3-5-8-16)14-6-11-21-19(26)18-15-25(23-22-18)17-9-12-20-13-10-17;;/h3-5,7-8,15,17,20H,2,6,9-14H2,1H3,(H,21,26);2*1H. The molecule has 28 heavy (non-hydrogen) atoms. The van der Waals surface area contributed by atoms with Gasteiger partial charge in [-0.15, -0.1) is 29.9 Å². The fourth-order valence-electron chi connectivity index (χ4n) is 3.30. The van der Waals surface area contributed by atoms with Crippen molar-refractivity contribution >= 4 is 36.4 Å². The molecule has 156 valence electrons. The predicted octanol–water partition coefficient (Wildman–Crippen LogP) is 2.69. The van der Waals surface area contributed by atoms with Crippen LogP contribution in [0.3, 0.4) is 0 Å². The van der Waals surface area contributed by atoms with Crippen molar-refractivity contribution in [2.75, 3.05) is 37.6 Å². The Balaban J connectivity index is 0.00000196. The lowest BCUT2D eigenvalue weighted by Gasteiger charge is -2.23. The number of nitrogens with zero attached hydrogens (tertiary/aromatic N) is 4. The Kier molecular flexibility index (Phi) is 10.9. The molecule has 1 saturated heterocycles. The first-order valence-corrected chi connectivity index (χ1v) is 9.48. The van der Waals surface area contributed by atoms with E-state index >= 15 is 0 Å². The third kappa shape index (κ3) is 6.65. The number of anilines is 1.